The van der Waals surface area contributed by atoms with Crippen molar-refractivity contribution >= 4 is 11.6 Å². The topological polar surface area (TPSA) is 59.8 Å². The Bertz CT molecular complexity index is 562. The third-order valence-corrected chi connectivity index (χ3v) is 3.16. The number of nitrogens with zero attached hydrogens (tertiary/aromatic N) is 3. The number of hydrogen-bond acceptors (Lipinski definition) is 3. The summed E-state index contributed by atoms with van der Waals surface area (Å²) in [6.07, 6.45) is 0.579. The molecule has 0 spiro atoms. The molecule has 2 rings (SSSR count). The normalized spacial score (nSPS) is 12.2. The Hall–Kier alpha value is -2.17. The van der Waals surface area contributed by atoms with Crippen LogP contribution in [0.25, 0.3) is 0 Å². The lowest BCUT2D eigenvalue weighted by Crippen LogP contribution is -2.23. The summed E-state index contributed by atoms with van der Waals surface area (Å²) >= 11 is 0. The largest absolute Gasteiger partial charge is 0.326 e. The van der Waals surface area contributed by atoms with Crippen molar-refractivity contribution in [3.05, 3.63) is 42.0 Å². The number of aromatic nitrogens is 3. The van der Waals surface area contributed by atoms with Crippen LogP contribution >= 0.6 is 0 Å². The van der Waals surface area contributed by atoms with Gasteiger partial charge < -0.3 is 9.88 Å². The zero-order chi connectivity index (χ0) is 13.8. The van der Waals surface area contributed by atoms with E-state index < -0.39 is 0 Å². The monoisotopic (exact) mass is 258 g/mol. The van der Waals surface area contributed by atoms with Gasteiger partial charge in [-0.15, -0.1) is 10.2 Å². The number of aryl methyl sites for hydroxylation is 1. The average Bonchev–Trinajstić information content (AvgIpc) is 2.72. The minimum absolute atomic E-state index is 0.00754. The van der Waals surface area contributed by atoms with Crippen molar-refractivity contribution in [1.82, 2.24) is 14.8 Å². The van der Waals surface area contributed by atoms with E-state index >= 15 is 0 Å². The minimum Gasteiger partial charge on any atom is -0.326 e. The molecule has 0 aliphatic rings. The van der Waals surface area contributed by atoms with Gasteiger partial charge in [0.1, 0.15) is 11.6 Å². The molecule has 1 atom stereocenters. The van der Waals surface area contributed by atoms with Crippen LogP contribution in [0.1, 0.15) is 18.6 Å². The van der Waals surface area contributed by atoms with Crippen LogP contribution in [0.15, 0.2) is 30.3 Å². The van der Waals surface area contributed by atoms with Gasteiger partial charge in [-0.25, -0.2) is 0 Å². The zero-order valence-corrected chi connectivity index (χ0v) is 11.4. The third kappa shape index (κ3) is 3.19. The van der Waals surface area contributed by atoms with Crippen LogP contribution in [0.4, 0.5) is 5.69 Å². The average molecular weight is 258 g/mol. The highest BCUT2D eigenvalue weighted by Gasteiger charge is 2.17. The third-order valence-electron chi connectivity index (χ3n) is 3.16. The second-order valence-electron chi connectivity index (χ2n) is 4.68. The maximum atomic E-state index is 12.1. The van der Waals surface area contributed by atoms with Crippen molar-refractivity contribution in [3.8, 4) is 0 Å². The summed E-state index contributed by atoms with van der Waals surface area (Å²) in [4.78, 5) is 12.1. The first-order chi connectivity index (χ1) is 9.08. The number of para-hydroxylation sites is 1. The highest BCUT2D eigenvalue weighted by atomic mass is 16.1. The second-order valence-corrected chi connectivity index (χ2v) is 4.68. The first-order valence-electron chi connectivity index (χ1n) is 6.28. The minimum atomic E-state index is -0.150. The van der Waals surface area contributed by atoms with Gasteiger partial charge in [0, 0.05) is 25.1 Å². The molecule has 5 nitrogen and oxygen atoms in total. The molecule has 0 saturated carbocycles. The highest BCUT2D eigenvalue weighted by Crippen LogP contribution is 2.11. The Morgan fingerprint density at radius 1 is 1.32 bits per heavy atom. The Kier molecular flexibility index (Phi) is 3.94. The second kappa shape index (κ2) is 5.65. The van der Waals surface area contributed by atoms with Crippen LogP contribution in [0.5, 0.6) is 0 Å². The van der Waals surface area contributed by atoms with E-state index in [-0.39, 0.29) is 11.8 Å². The van der Waals surface area contributed by atoms with Gasteiger partial charge in [-0.1, -0.05) is 25.1 Å². The molecule has 1 heterocycles. The molecule has 0 bridgehead atoms. The number of carbonyl (C=O) groups is 1. The van der Waals surface area contributed by atoms with Gasteiger partial charge in [-0.3, -0.25) is 4.79 Å². The Labute approximate surface area is 112 Å². The maximum Gasteiger partial charge on any atom is 0.227 e. The number of rotatable bonds is 4. The SMILES string of the molecule is Cc1nnc(C[C@@H](C)C(=O)Nc2ccccc2)n1C. The molecule has 1 amide bonds. The van der Waals surface area contributed by atoms with Gasteiger partial charge in [-0.05, 0) is 19.1 Å². The standard InChI is InChI=1S/C14H18N4O/c1-10(9-13-17-16-11(2)18(13)3)14(19)15-12-7-5-4-6-8-12/h4-8,10H,9H2,1-3H3,(H,15,19)/t10-/m1/s1. The highest BCUT2D eigenvalue weighted by molar-refractivity contribution is 5.92. The zero-order valence-electron chi connectivity index (χ0n) is 11.4. The molecule has 0 fully saturated rings. The molecule has 0 saturated heterocycles. The van der Waals surface area contributed by atoms with Crippen LogP contribution in [-0.2, 0) is 18.3 Å². The summed E-state index contributed by atoms with van der Waals surface area (Å²) in [5, 5.41) is 11.0. The van der Waals surface area contributed by atoms with Gasteiger partial charge in [0.25, 0.3) is 0 Å². The lowest BCUT2D eigenvalue weighted by atomic mass is 10.1. The van der Waals surface area contributed by atoms with E-state index in [1.807, 2.05) is 55.8 Å². The van der Waals surface area contributed by atoms with Crippen molar-refractivity contribution in [2.24, 2.45) is 13.0 Å². The summed E-state index contributed by atoms with van der Waals surface area (Å²) in [6, 6.07) is 9.45. The smallest absolute Gasteiger partial charge is 0.227 e. The van der Waals surface area contributed by atoms with Gasteiger partial charge >= 0.3 is 0 Å². The molecular formula is C14H18N4O. The maximum absolute atomic E-state index is 12.1. The predicted molar refractivity (Wildman–Crippen MR) is 73.7 cm³/mol. The Morgan fingerprint density at radius 2 is 2.00 bits per heavy atom. The van der Waals surface area contributed by atoms with E-state index in [1.54, 1.807) is 0 Å². The fourth-order valence-electron chi connectivity index (χ4n) is 1.78. The molecule has 0 unspecified atom stereocenters. The Morgan fingerprint density at radius 3 is 2.58 bits per heavy atom. The fraction of sp³-hybridized carbons (Fsp3) is 0.357. The van der Waals surface area contributed by atoms with E-state index in [0.717, 1.165) is 17.3 Å². The molecule has 5 heteroatoms. The van der Waals surface area contributed by atoms with E-state index in [4.69, 9.17) is 0 Å². The van der Waals surface area contributed by atoms with Crippen molar-refractivity contribution in [2.45, 2.75) is 20.3 Å². The van der Waals surface area contributed by atoms with Crippen LogP contribution in [0.2, 0.25) is 0 Å². The van der Waals surface area contributed by atoms with Crippen molar-refractivity contribution in [1.29, 1.82) is 0 Å². The molecule has 1 aromatic heterocycles. The summed E-state index contributed by atoms with van der Waals surface area (Å²) in [5.74, 6) is 1.52. The van der Waals surface area contributed by atoms with Crippen molar-refractivity contribution in [2.75, 3.05) is 5.32 Å². The van der Waals surface area contributed by atoms with E-state index in [0.29, 0.717) is 6.42 Å². The van der Waals surface area contributed by atoms with Gasteiger partial charge in [0.15, 0.2) is 0 Å². The lowest BCUT2D eigenvalue weighted by molar-refractivity contribution is -0.119. The van der Waals surface area contributed by atoms with Gasteiger partial charge in [-0.2, -0.15) is 0 Å². The summed E-state index contributed by atoms with van der Waals surface area (Å²) in [6.45, 7) is 3.79. The van der Waals surface area contributed by atoms with Crippen molar-refractivity contribution in [3.63, 3.8) is 0 Å². The van der Waals surface area contributed by atoms with Gasteiger partial charge in [0.2, 0.25) is 5.91 Å². The predicted octanol–water partition coefficient (Wildman–Crippen LogP) is 1.94. The van der Waals surface area contributed by atoms with Gasteiger partial charge in [0.05, 0.1) is 0 Å². The lowest BCUT2D eigenvalue weighted by Gasteiger charge is -2.11. The summed E-state index contributed by atoms with van der Waals surface area (Å²) in [5.41, 5.74) is 0.813. The fourth-order valence-corrected chi connectivity index (χ4v) is 1.78. The molecule has 0 radical (unpaired) electrons. The molecule has 0 aliphatic heterocycles. The first-order valence-corrected chi connectivity index (χ1v) is 6.28. The number of nitrogens with one attached hydrogen (secondary N) is 1. The molecule has 2 aromatic rings. The number of benzene rings is 1. The van der Waals surface area contributed by atoms with Crippen LogP contribution in [0, 0.1) is 12.8 Å². The van der Waals surface area contributed by atoms with Crippen LogP contribution < -0.4 is 5.32 Å². The molecular weight excluding hydrogens is 240 g/mol. The first kappa shape index (κ1) is 13.3. The summed E-state index contributed by atoms with van der Waals surface area (Å²) < 4.78 is 1.91. The molecule has 19 heavy (non-hydrogen) atoms. The number of carbonyl (C=O) groups excluding carboxylic acids is 1. The number of anilines is 1. The number of hydrogen-bond donors (Lipinski definition) is 1. The summed E-state index contributed by atoms with van der Waals surface area (Å²) in [7, 11) is 1.91. The van der Waals surface area contributed by atoms with Crippen LogP contribution in [0.3, 0.4) is 0 Å². The van der Waals surface area contributed by atoms with Crippen molar-refractivity contribution < 1.29 is 4.79 Å². The molecule has 1 N–H and O–H groups in total. The quantitative estimate of drug-likeness (QED) is 0.911. The van der Waals surface area contributed by atoms with E-state index in [2.05, 4.69) is 15.5 Å². The Balaban J connectivity index is 1.98. The number of amides is 1. The molecule has 100 valence electrons. The van der Waals surface area contributed by atoms with Crippen LogP contribution in [-0.4, -0.2) is 20.7 Å². The van der Waals surface area contributed by atoms with E-state index in [9.17, 15) is 4.79 Å². The molecule has 0 aliphatic carbocycles. The molecule has 1 aromatic carbocycles. The van der Waals surface area contributed by atoms with E-state index in [1.165, 1.54) is 0 Å².